The molecule has 0 saturated heterocycles. The highest BCUT2D eigenvalue weighted by atomic mass is 35.5. The van der Waals surface area contributed by atoms with Crippen molar-refractivity contribution in [2.24, 2.45) is 0 Å². The summed E-state index contributed by atoms with van der Waals surface area (Å²) >= 11 is 6.20. The Bertz CT molecular complexity index is 1100. The van der Waals surface area contributed by atoms with Crippen molar-refractivity contribution in [3.63, 3.8) is 0 Å². The Morgan fingerprint density at radius 3 is 2.34 bits per heavy atom. The monoisotopic (exact) mass is 487 g/mol. The smallest absolute Gasteiger partial charge is 0.244 e. The van der Waals surface area contributed by atoms with Gasteiger partial charge in [0.05, 0.1) is 11.9 Å². The molecule has 1 atom stereocenters. The summed E-state index contributed by atoms with van der Waals surface area (Å²) in [4.78, 5) is 26.8. The van der Waals surface area contributed by atoms with Crippen LogP contribution < -0.4 is 9.62 Å². The van der Waals surface area contributed by atoms with Gasteiger partial charge in [0.15, 0.2) is 11.6 Å². The topological polar surface area (TPSA) is 86.8 Å². The van der Waals surface area contributed by atoms with Crippen molar-refractivity contribution in [2.45, 2.75) is 26.4 Å². The Hall–Kier alpha value is -2.72. The molecule has 7 nitrogen and oxygen atoms in total. The number of carbonyl (C=O) groups is 2. The number of amides is 2. The van der Waals surface area contributed by atoms with Crippen LogP contribution in [0, 0.1) is 11.6 Å². The fraction of sp³-hybridized carbons (Fsp3) is 0.333. The molecule has 0 spiro atoms. The first kappa shape index (κ1) is 25.5. The van der Waals surface area contributed by atoms with Crippen molar-refractivity contribution >= 4 is 39.1 Å². The van der Waals surface area contributed by atoms with Gasteiger partial charge in [0.2, 0.25) is 21.8 Å². The van der Waals surface area contributed by atoms with Crippen molar-refractivity contribution < 1.29 is 26.8 Å². The van der Waals surface area contributed by atoms with Gasteiger partial charge in [-0.3, -0.25) is 13.9 Å². The van der Waals surface area contributed by atoms with E-state index < -0.39 is 46.1 Å². The predicted octanol–water partition coefficient (Wildman–Crippen LogP) is 2.94. The van der Waals surface area contributed by atoms with Crippen LogP contribution in [0.25, 0.3) is 0 Å². The highest BCUT2D eigenvalue weighted by molar-refractivity contribution is 7.92. The van der Waals surface area contributed by atoms with Gasteiger partial charge in [0.25, 0.3) is 0 Å². The molecule has 174 valence electrons. The van der Waals surface area contributed by atoms with E-state index >= 15 is 0 Å². The molecule has 0 fully saturated rings. The molecule has 0 aliphatic rings. The van der Waals surface area contributed by atoms with E-state index in [1.807, 2.05) is 0 Å². The van der Waals surface area contributed by atoms with Crippen LogP contribution in [0.3, 0.4) is 0 Å². The van der Waals surface area contributed by atoms with Crippen molar-refractivity contribution in [1.29, 1.82) is 0 Å². The van der Waals surface area contributed by atoms with Gasteiger partial charge in [-0.05, 0) is 37.6 Å². The molecule has 2 rings (SSSR count). The van der Waals surface area contributed by atoms with Crippen LogP contribution in [0.5, 0.6) is 0 Å². The average molecular weight is 488 g/mol. The maximum Gasteiger partial charge on any atom is 0.244 e. The van der Waals surface area contributed by atoms with Crippen LogP contribution in [0.2, 0.25) is 5.02 Å². The minimum Gasteiger partial charge on any atom is -0.355 e. The van der Waals surface area contributed by atoms with Gasteiger partial charge in [-0.15, -0.1) is 0 Å². The Morgan fingerprint density at radius 1 is 1.12 bits per heavy atom. The normalized spacial score (nSPS) is 12.2. The van der Waals surface area contributed by atoms with E-state index in [9.17, 15) is 26.8 Å². The molecular weight excluding hydrogens is 464 g/mol. The lowest BCUT2D eigenvalue weighted by Gasteiger charge is -2.31. The molecule has 0 saturated carbocycles. The molecule has 1 unspecified atom stereocenters. The molecule has 0 aliphatic heterocycles. The summed E-state index contributed by atoms with van der Waals surface area (Å²) < 4.78 is 52.4. The molecular formula is C21H24ClF2N3O4S. The second-order valence-corrected chi connectivity index (χ2v) is 9.37. The highest BCUT2D eigenvalue weighted by Gasteiger charge is 2.30. The number of hydrogen-bond acceptors (Lipinski definition) is 4. The quantitative estimate of drug-likeness (QED) is 0.589. The van der Waals surface area contributed by atoms with Crippen LogP contribution >= 0.6 is 11.6 Å². The molecule has 0 radical (unpaired) electrons. The minimum absolute atomic E-state index is 0.0633. The van der Waals surface area contributed by atoms with E-state index in [0.29, 0.717) is 27.5 Å². The van der Waals surface area contributed by atoms with Gasteiger partial charge in [-0.2, -0.15) is 0 Å². The van der Waals surface area contributed by atoms with E-state index in [1.165, 1.54) is 11.8 Å². The number of likely N-dealkylation sites (N-methyl/N-ethyl adjacent to an activating group) is 1. The number of nitrogens with one attached hydrogen (secondary N) is 1. The number of nitrogens with zero attached hydrogens (tertiary/aromatic N) is 2. The number of hydrogen-bond donors (Lipinski definition) is 1. The zero-order chi connectivity index (χ0) is 24.1. The summed E-state index contributed by atoms with van der Waals surface area (Å²) in [5.74, 6) is -3.57. The molecule has 2 aromatic carbocycles. The van der Waals surface area contributed by atoms with Crippen LogP contribution in [0.15, 0.2) is 42.5 Å². The van der Waals surface area contributed by atoms with Crippen LogP contribution in [0.4, 0.5) is 14.5 Å². The number of benzene rings is 2. The first-order valence-corrected chi connectivity index (χ1v) is 11.9. The van der Waals surface area contributed by atoms with Gasteiger partial charge in [0, 0.05) is 24.2 Å². The summed E-state index contributed by atoms with van der Waals surface area (Å²) in [6, 6.07) is 8.28. The van der Waals surface area contributed by atoms with E-state index in [2.05, 4.69) is 5.32 Å². The summed E-state index contributed by atoms with van der Waals surface area (Å²) in [6.45, 7) is 2.77. The number of anilines is 1. The summed E-state index contributed by atoms with van der Waals surface area (Å²) in [5, 5.41) is 2.99. The van der Waals surface area contributed by atoms with E-state index in [0.717, 1.165) is 18.4 Å². The van der Waals surface area contributed by atoms with E-state index in [4.69, 9.17) is 11.6 Å². The standard InChI is InChI=1S/C21H24ClF2N3O4S/c1-4-25-21(29)14(2)26(12-15-7-5-6-8-17(15)22)20(28)13-27(32(3,30)31)16-9-10-18(23)19(24)11-16/h5-11,14H,4,12-13H2,1-3H3,(H,25,29). The number of sulfonamides is 1. The molecule has 32 heavy (non-hydrogen) atoms. The van der Waals surface area contributed by atoms with E-state index in [1.54, 1.807) is 31.2 Å². The second kappa shape index (κ2) is 10.7. The number of rotatable bonds is 9. The summed E-state index contributed by atoms with van der Waals surface area (Å²) in [7, 11) is -4.04. The molecule has 0 heterocycles. The second-order valence-electron chi connectivity index (χ2n) is 7.05. The van der Waals surface area contributed by atoms with Gasteiger partial charge >= 0.3 is 0 Å². The first-order valence-electron chi connectivity index (χ1n) is 9.69. The Balaban J connectivity index is 2.42. The number of carbonyl (C=O) groups excluding carboxylic acids is 2. The fourth-order valence-corrected chi connectivity index (χ4v) is 4.01. The van der Waals surface area contributed by atoms with E-state index in [-0.39, 0.29) is 12.2 Å². The molecule has 2 amide bonds. The zero-order valence-electron chi connectivity index (χ0n) is 17.8. The first-order chi connectivity index (χ1) is 15.0. The Kier molecular flexibility index (Phi) is 8.57. The molecule has 1 N–H and O–H groups in total. The molecule has 0 aromatic heterocycles. The van der Waals surface area contributed by atoms with Gasteiger partial charge in [0.1, 0.15) is 12.6 Å². The van der Waals surface area contributed by atoms with Crippen LogP contribution in [-0.2, 0) is 26.2 Å². The predicted molar refractivity (Wildman–Crippen MR) is 119 cm³/mol. The Labute approximate surface area is 191 Å². The third kappa shape index (κ3) is 6.39. The Morgan fingerprint density at radius 2 is 1.78 bits per heavy atom. The highest BCUT2D eigenvalue weighted by Crippen LogP contribution is 2.23. The average Bonchev–Trinajstić information content (AvgIpc) is 2.72. The van der Waals surface area contributed by atoms with Crippen molar-refractivity contribution in [3.05, 3.63) is 64.7 Å². The summed E-state index contributed by atoms with van der Waals surface area (Å²) in [5.41, 5.74) is 0.334. The van der Waals surface area contributed by atoms with Crippen molar-refractivity contribution in [2.75, 3.05) is 23.7 Å². The zero-order valence-corrected chi connectivity index (χ0v) is 19.4. The maximum atomic E-state index is 13.7. The molecule has 0 bridgehead atoms. The number of halogens is 3. The van der Waals surface area contributed by atoms with Gasteiger partial charge in [-0.25, -0.2) is 17.2 Å². The summed E-state index contributed by atoms with van der Waals surface area (Å²) in [6.07, 6.45) is 0.840. The third-order valence-electron chi connectivity index (χ3n) is 4.69. The van der Waals surface area contributed by atoms with Crippen LogP contribution in [0.1, 0.15) is 19.4 Å². The fourth-order valence-electron chi connectivity index (χ4n) is 2.97. The van der Waals surface area contributed by atoms with Crippen molar-refractivity contribution in [3.8, 4) is 0 Å². The lowest BCUT2D eigenvalue weighted by atomic mass is 10.1. The largest absolute Gasteiger partial charge is 0.355 e. The minimum atomic E-state index is -4.04. The van der Waals surface area contributed by atoms with Crippen LogP contribution in [-0.4, -0.2) is 50.5 Å². The maximum absolute atomic E-state index is 13.7. The van der Waals surface area contributed by atoms with Gasteiger partial charge in [-0.1, -0.05) is 29.8 Å². The van der Waals surface area contributed by atoms with Gasteiger partial charge < -0.3 is 10.2 Å². The SMILES string of the molecule is CCNC(=O)C(C)N(Cc1ccccc1Cl)C(=O)CN(c1ccc(F)c(F)c1)S(C)(=O)=O. The molecule has 0 aliphatic carbocycles. The molecule has 11 heteroatoms. The third-order valence-corrected chi connectivity index (χ3v) is 6.20. The lowest BCUT2D eigenvalue weighted by molar-refractivity contribution is -0.139. The van der Waals surface area contributed by atoms with Crippen molar-refractivity contribution in [1.82, 2.24) is 10.2 Å². The molecule has 2 aromatic rings. The lowest BCUT2D eigenvalue weighted by Crippen LogP contribution is -2.51.